The molecule has 9 nitrogen and oxygen atoms in total. The number of halogens is 1. The lowest BCUT2D eigenvalue weighted by Gasteiger charge is -2.12. The first-order valence-corrected chi connectivity index (χ1v) is 5.41. The third-order valence-corrected chi connectivity index (χ3v) is 2.39. The average molecular weight is 300 g/mol. The van der Waals surface area contributed by atoms with Crippen molar-refractivity contribution >= 4 is 23.5 Å². The van der Waals surface area contributed by atoms with Crippen LogP contribution in [0, 0.1) is 15.9 Å². The molecule has 1 aromatic rings. The van der Waals surface area contributed by atoms with E-state index in [4.69, 9.17) is 10.2 Å². The standard InChI is InChI=1S/C11H9FN2O7/c12-6-3-5(1-2-8(6)14(20)21)10(17)13-7(11(18)19)4-9(15)16/h1-3,7H,4H2,(H,13,17)(H,15,16)(H,18,19)/t7-/m0/s1. The Balaban J connectivity index is 2.93. The van der Waals surface area contributed by atoms with Crippen molar-refractivity contribution in [3.8, 4) is 0 Å². The van der Waals surface area contributed by atoms with E-state index in [1.54, 1.807) is 0 Å². The van der Waals surface area contributed by atoms with E-state index in [0.29, 0.717) is 6.07 Å². The molecular weight excluding hydrogens is 291 g/mol. The quantitative estimate of drug-likeness (QED) is 0.508. The van der Waals surface area contributed by atoms with Gasteiger partial charge in [0.1, 0.15) is 6.04 Å². The minimum absolute atomic E-state index is 0.366. The van der Waals surface area contributed by atoms with E-state index >= 15 is 0 Å². The van der Waals surface area contributed by atoms with Crippen molar-refractivity contribution in [1.82, 2.24) is 5.32 Å². The Kier molecular flexibility index (Phi) is 4.89. The third kappa shape index (κ3) is 4.23. The predicted molar refractivity (Wildman–Crippen MR) is 64.2 cm³/mol. The average Bonchev–Trinajstić information content (AvgIpc) is 2.36. The molecule has 0 aromatic heterocycles. The van der Waals surface area contributed by atoms with Gasteiger partial charge in [-0.15, -0.1) is 0 Å². The molecule has 0 unspecified atom stereocenters. The van der Waals surface area contributed by atoms with Crippen molar-refractivity contribution in [2.75, 3.05) is 0 Å². The fourth-order valence-electron chi connectivity index (χ4n) is 1.41. The number of nitrogens with one attached hydrogen (secondary N) is 1. The van der Waals surface area contributed by atoms with Crippen molar-refractivity contribution in [2.24, 2.45) is 0 Å². The zero-order valence-corrected chi connectivity index (χ0v) is 10.3. The van der Waals surface area contributed by atoms with E-state index in [9.17, 15) is 28.9 Å². The molecule has 0 aliphatic carbocycles. The molecule has 0 aliphatic heterocycles. The Bertz CT molecular complexity index is 617. The predicted octanol–water partition coefficient (Wildman–Crippen LogP) is 0.392. The molecular formula is C11H9FN2O7. The van der Waals surface area contributed by atoms with Crippen molar-refractivity contribution in [1.29, 1.82) is 0 Å². The Hall–Kier alpha value is -3.04. The van der Waals surface area contributed by atoms with Crippen molar-refractivity contribution in [2.45, 2.75) is 12.5 Å². The van der Waals surface area contributed by atoms with E-state index in [0.717, 1.165) is 12.1 Å². The van der Waals surface area contributed by atoms with Crippen LogP contribution in [0.15, 0.2) is 18.2 Å². The second-order valence-corrected chi connectivity index (χ2v) is 3.89. The topological polar surface area (TPSA) is 147 Å². The van der Waals surface area contributed by atoms with Crippen molar-refractivity contribution < 1.29 is 33.9 Å². The SMILES string of the molecule is O=C(O)C[C@H](NC(=O)c1ccc([N+](=O)[O-])c(F)c1)C(=O)O. The zero-order valence-electron chi connectivity index (χ0n) is 10.3. The number of aliphatic carboxylic acids is 2. The number of hydrogen-bond donors (Lipinski definition) is 3. The smallest absolute Gasteiger partial charge is 0.326 e. The van der Waals surface area contributed by atoms with Crippen LogP contribution in [0.1, 0.15) is 16.8 Å². The summed E-state index contributed by atoms with van der Waals surface area (Å²) in [7, 11) is 0. The van der Waals surface area contributed by atoms with Crippen LogP contribution in [0.25, 0.3) is 0 Å². The van der Waals surface area contributed by atoms with Gasteiger partial charge in [-0.1, -0.05) is 0 Å². The van der Waals surface area contributed by atoms with Crippen LogP contribution in [0.4, 0.5) is 10.1 Å². The van der Waals surface area contributed by atoms with Crippen LogP contribution in [0.2, 0.25) is 0 Å². The van der Waals surface area contributed by atoms with Gasteiger partial charge in [-0.25, -0.2) is 4.79 Å². The maximum atomic E-state index is 13.3. The molecule has 0 fully saturated rings. The van der Waals surface area contributed by atoms with Gasteiger partial charge in [0.25, 0.3) is 5.91 Å². The van der Waals surface area contributed by atoms with Gasteiger partial charge in [-0.2, -0.15) is 4.39 Å². The summed E-state index contributed by atoms with van der Waals surface area (Å²) < 4.78 is 13.3. The maximum absolute atomic E-state index is 13.3. The first-order chi connectivity index (χ1) is 9.72. The first kappa shape index (κ1) is 16.0. The van der Waals surface area contributed by atoms with Crippen LogP contribution in [0.5, 0.6) is 0 Å². The van der Waals surface area contributed by atoms with E-state index in [1.807, 2.05) is 5.32 Å². The molecule has 1 atom stereocenters. The highest BCUT2D eigenvalue weighted by molar-refractivity contribution is 5.97. The lowest BCUT2D eigenvalue weighted by Crippen LogP contribution is -2.42. The minimum Gasteiger partial charge on any atom is -0.481 e. The van der Waals surface area contributed by atoms with Gasteiger partial charge in [0.2, 0.25) is 5.82 Å². The van der Waals surface area contributed by atoms with Gasteiger partial charge in [-0.3, -0.25) is 19.7 Å². The van der Waals surface area contributed by atoms with Crippen LogP contribution in [0.3, 0.4) is 0 Å². The molecule has 0 spiro atoms. The molecule has 1 rings (SSSR count). The summed E-state index contributed by atoms with van der Waals surface area (Å²) in [4.78, 5) is 42.3. The van der Waals surface area contributed by atoms with Crippen molar-refractivity contribution in [3.05, 3.63) is 39.7 Å². The Labute approximate surface area is 116 Å². The molecule has 1 amide bonds. The number of carboxylic acid groups (broad SMARTS) is 2. The van der Waals surface area contributed by atoms with Gasteiger partial charge in [0.05, 0.1) is 11.3 Å². The summed E-state index contributed by atoms with van der Waals surface area (Å²) >= 11 is 0. The third-order valence-electron chi connectivity index (χ3n) is 2.39. The fraction of sp³-hybridized carbons (Fsp3) is 0.182. The highest BCUT2D eigenvalue weighted by Crippen LogP contribution is 2.18. The minimum atomic E-state index is -1.70. The summed E-state index contributed by atoms with van der Waals surface area (Å²) in [6, 6.07) is 0.536. The van der Waals surface area contributed by atoms with Crippen LogP contribution < -0.4 is 5.32 Å². The molecule has 1 aromatic carbocycles. The van der Waals surface area contributed by atoms with Gasteiger partial charge in [0.15, 0.2) is 0 Å². The molecule has 112 valence electrons. The monoisotopic (exact) mass is 300 g/mol. The highest BCUT2D eigenvalue weighted by atomic mass is 19.1. The lowest BCUT2D eigenvalue weighted by atomic mass is 10.1. The number of rotatable bonds is 6. The number of amides is 1. The summed E-state index contributed by atoms with van der Waals surface area (Å²) in [6.45, 7) is 0. The number of benzene rings is 1. The fourth-order valence-corrected chi connectivity index (χ4v) is 1.41. The summed E-state index contributed by atoms with van der Waals surface area (Å²) in [6.07, 6.45) is -0.865. The summed E-state index contributed by atoms with van der Waals surface area (Å²) in [5.74, 6) is -5.35. The van der Waals surface area contributed by atoms with Gasteiger partial charge >= 0.3 is 17.6 Å². The number of nitro benzene ring substituents is 1. The van der Waals surface area contributed by atoms with Crippen molar-refractivity contribution in [3.63, 3.8) is 0 Å². The molecule has 0 radical (unpaired) electrons. The van der Waals surface area contributed by atoms with Gasteiger partial charge in [0, 0.05) is 11.6 Å². The van der Waals surface area contributed by atoms with Gasteiger partial charge in [-0.05, 0) is 12.1 Å². The van der Waals surface area contributed by atoms with E-state index in [-0.39, 0.29) is 5.56 Å². The number of hydrogen-bond acceptors (Lipinski definition) is 5. The second kappa shape index (κ2) is 6.41. The molecule has 0 heterocycles. The first-order valence-electron chi connectivity index (χ1n) is 5.41. The van der Waals surface area contributed by atoms with Crippen LogP contribution in [-0.4, -0.2) is 39.0 Å². The Morgan fingerprint density at radius 1 is 1.33 bits per heavy atom. The molecule has 0 bridgehead atoms. The number of nitro groups is 1. The lowest BCUT2D eigenvalue weighted by molar-refractivity contribution is -0.387. The second-order valence-electron chi connectivity index (χ2n) is 3.89. The van der Waals surface area contributed by atoms with Crippen LogP contribution in [-0.2, 0) is 9.59 Å². The van der Waals surface area contributed by atoms with E-state index < -0.39 is 46.7 Å². The molecule has 0 aliphatic rings. The summed E-state index contributed by atoms with van der Waals surface area (Å²) in [5, 5.41) is 29.6. The summed E-state index contributed by atoms with van der Waals surface area (Å²) in [5.41, 5.74) is -1.21. The van der Waals surface area contributed by atoms with Gasteiger partial charge < -0.3 is 15.5 Å². The number of carbonyl (C=O) groups is 3. The molecule has 0 saturated carbocycles. The highest BCUT2D eigenvalue weighted by Gasteiger charge is 2.24. The molecule has 0 saturated heterocycles. The zero-order chi connectivity index (χ0) is 16.2. The number of carboxylic acids is 2. The number of nitrogens with zero attached hydrogens (tertiary/aromatic N) is 1. The Morgan fingerprint density at radius 3 is 2.38 bits per heavy atom. The molecule has 10 heteroatoms. The normalized spacial score (nSPS) is 11.5. The van der Waals surface area contributed by atoms with E-state index in [1.165, 1.54) is 0 Å². The van der Waals surface area contributed by atoms with Crippen LogP contribution >= 0.6 is 0 Å². The Morgan fingerprint density at radius 2 is 1.95 bits per heavy atom. The number of carbonyl (C=O) groups excluding carboxylic acids is 1. The largest absolute Gasteiger partial charge is 0.481 e. The molecule has 3 N–H and O–H groups in total. The van der Waals surface area contributed by atoms with E-state index in [2.05, 4.69) is 0 Å². The molecule has 21 heavy (non-hydrogen) atoms. The maximum Gasteiger partial charge on any atom is 0.326 e.